The molecule has 1 aromatic rings. The fraction of sp³-hybridized carbons (Fsp3) is 0.385. The van der Waals surface area contributed by atoms with Crippen molar-refractivity contribution in [2.75, 3.05) is 31.6 Å². The quantitative estimate of drug-likeness (QED) is 0.818. The molecule has 0 aliphatic carbocycles. The van der Waals surface area contributed by atoms with Crippen LogP contribution < -0.4 is 10.1 Å². The predicted molar refractivity (Wildman–Crippen MR) is 67.5 cm³/mol. The van der Waals surface area contributed by atoms with Crippen molar-refractivity contribution in [1.82, 2.24) is 4.90 Å². The van der Waals surface area contributed by atoms with E-state index in [0.29, 0.717) is 17.9 Å². The maximum absolute atomic E-state index is 12.3. The number of hydrogen-bond acceptors (Lipinski definition) is 4. The van der Waals surface area contributed by atoms with Gasteiger partial charge < -0.3 is 20.1 Å². The average Bonchev–Trinajstić information content (AvgIpc) is 2.35. The number of carboxylic acids is 1. The highest BCUT2D eigenvalue weighted by Gasteiger charge is 2.37. The Kier molecular flexibility index (Phi) is 2.77. The summed E-state index contributed by atoms with van der Waals surface area (Å²) >= 11 is 0. The van der Waals surface area contributed by atoms with Crippen molar-refractivity contribution in [2.45, 2.75) is 0 Å². The Balaban J connectivity index is 1.80. The van der Waals surface area contributed by atoms with Gasteiger partial charge in [0, 0.05) is 19.6 Å². The van der Waals surface area contributed by atoms with E-state index in [4.69, 9.17) is 9.84 Å². The number of carbonyl (C=O) groups is 2. The second-order valence-corrected chi connectivity index (χ2v) is 4.70. The second kappa shape index (κ2) is 4.46. The number of aliphatic carboxylic acids is 1. The summed E-state index contributed by atoms with van der Waals surface area (Å²) < 4.78 is 5.54. The lowest BCUT2D eigenvalue weighted by molar-refractivity contribution is -0.146. The van der Waals surface area contributed by atoms with E-state index in [0.717, 1.165) is 12.2 Å². The summed E-state index contributed by atoms with van der Waals surface area (Å²) in [6, 6.07) is 5.37. The molecule has 0 bridgehead atoms. The smallest absolute Gasteiger partial charge is 0.310 e. The lowest BCUT2D eigenvalue weighted by atomic mass is 9.98. The number of nitrogens with zero attached hydrogens (tertiary/aromatic N) is 1. The van der Waals surface area contributed by atoms with Gasteiger partial charge in [0.05, 0.1) is 17.2 Å². The zero-order valence-electron chi connectivity index (χ0n) is 10.3. The maximum Gasteiger partial charge on any atom is 0.310 e. The van der Waals surface area contributed by atoms with Gasteiger partial charge in [0.25, 0.3) is 5.91 Å². The third-order valence-electron chi connectivity index (χ3n) is 3.43. The molecule has 0 aromatic heterocycles. The molecule has 2 N–H and O–H groups in total. The topological polar surface area (TPSA) is 78.9 Å². The predicted octanol–water partition coefficient (Wildman–Crippen LogP) is 0.647. The molecular formula is C13H14N2O4. The van der Waals surface area contributed by atoms with Crippen LogP contribution in [0.4, 0.5) is 5.69 Å². The molecular weight excluding hydrogens is 248 g/mol. The van der Waals surface area contributed by atoms with E-state index in [-0.39, 0.29) is 19.0 Å². The van der Waals surface area contributed by atoms with Crippen LogP contribution in [0.5, 0.6) is 5.75 Å². The van der Waals surface area contributed by atoms with Crippen molar-refractivity contribution in [3.05, 3.63) is 23.8 Å². The summed E-state index contributed by atoms with van der Waals surface area (Å²) in [5, 5.41) is 12.0. The van der Waals surface area contributed by atoms with Crippen molar-refractivity contribution in [1.29, 1.82) is 0 Å². The first-order valence-corrected chi connectivity index (χ1v) is 6.18. The number of benzene rings is 1. The number of amides is 1. The summed E-state index contributed by atoms with van der Waals surface area (Å²) in [6.45, 7) is 1.78. The van der Waals surface area contributed by atoms with Crippen LogP contribution in [-0.2, 0) is 4.79 Å². The van der Waals surface area contributed by atoms with Crippen LogP contribution in [0.1, 0.15) is 10.4 Å². The van der Waals surface area contributed by atoms with Crippen LogP contribution >= 0.6 is 0 Å². The molecule has 0 spiro atoms. The fourth-order valence-corrected chi connectivity index (χ4v) is 2.31. The molecule has 0 saturated carbocycles. The molecule has 6 heteroatoms. The molecule has 1 amide bonds. The third-order valence-corrected chi connectivity index (χ3v) is 3.43. The Morgan fingerprint density at radius 2 is 2.16 bits per heavy atom. The van der Waals surface area contributed by atoms with Crippen LogP contribution in [0.2, 0.25) is 0 Å². The van der Waals surface area contributed by atoms with E-state index in [9.17, 15) is 9.59 Å². The Labute approximate surface area is 110 Å². The molecule has 6 nitrogen and oxygen atoms in total. The van der Waals surface area contributed by atoms with E-state index in [1.165, 1.54) is 4.90 Å². The Morgan fingerprint density at radius 1 is 1.37 bits per heavy atom. The van der Waals surface area contributed by atoms with Crippen molar-refractivity contribution in [3.63, 3.8) is 0 Å². The molecule has 1 aromatic carbocycles. The molecule has 1 saturated heterocycles. The molecule has 2 aliphatic heterocycles. The SMILES string of the molecule is O=C(O)C1CN(C(=O)c2cccc3c2OCCN3)C1. The Bertz CT molecular complexity index is 537. The van der Waals surface area contributed by atoms with Crippen molar-refractivity contribution >= 4 is 17.6 Å². The van der Waals surface area contributed by atoms with Gasteiger partial charge in [0.15, 0.2) is 5.75 Å². The van der Waals surface area contributed by atoms with E-state index in [1.54, 1.807) is 12.1 Å². The number of nitrogens with one attached hydrogen (secondary N) is 1. The maximum atomic E-state index is 12.3. The highest BCUT2D eigenvalue weighted by Crippen LogP contribution is 2.33. The highest BCUT2D eigenvalue weighted by atomic mass is 16.5. The van der Waals surface area contributed by atoms with Crippen LogP contribution in [0, 0.1) is 5.92 Å². The minimum absolute atomic E-state index is 0.168. The lowest BCUT2D eigenvalue weighted by Crippen LogP contribution is -2.53. The summed E-state index contributed by atoms with van der Waals surface area (Å²) in [7, 11) is 0. The number of likely N-dealkylation sites (tertiary alicyclic amines) is 1. The molecule has 0 radical (unpaired) electrons. The fourth-order valence-electron chi connectivity index (χ4n) is 2.31. The molecule has 2 aliphatic rings. The number of fused-ring (bicyclic) bond motifs is 1. The van der Waals surface area contributed by atoms with Crippen molar-refractivity contribution < 1.29 is 19.4 Å². The second-order valence-electron chi connectivity index (χ2n) is 4.70. The van der Waals surface area contributed by atoms with E-state index >= 15 is 0 Å². The Morgan fingerprint density at radius 3 is 2.89 bits per heavy atom. The largest absolute Gasteiger partial charge is 0.489 e. The van der Waals surface area contributed by atoms with Crippen LogP contribution in [0.25, 0.3) is 0 Å². The number of anilines is 1. The van der Waals surface area contributed by atoms with E-state index < -0.39 is 11.9 Å². The normalized spacial score (nSPS) is 17.8. The van der Waals surface area contributed by atoms with Gasteiger partial charge in [0.1, 0.15) is 6.61 Å². The molecule has 1 fully saturated rings. The number of carbonyl (C=O) groups excluding carboxylic acids is 1. The average molecular weight is 262 g/mol. The van der Waals surface area contributed by atoms with E-state index in [1.807, 2.05) is 6.07 Å². The lowest BCUT2D eigenvalue weighted by Gasteiger charge is -2.37. The van der Waals surface area contributed by atoms with Crippen molar-refractivity contribution in [3.8, 4) is 5.75 Å². The van der Waals surface area contributed by atoms with Crippen LogP contribution in [-0.4, -0.2) is 48.1 Å². The van der Waals surface area contributed by atoms with Gasteiger partial charge in [-0.1, -0.05) is 6.07 Å². The van der Waals surface area contributed by atoms with Gasteiger partial charge in [-0.15, -0.1) is 0 Å². The van der Waals surface area contributed by atoms with Crippen LogP contribution in [0.3, 0.4) is 0 Å². The summed E-state index contributed by atoms with van der Waals surface area (Å²) in [4.78, 5) is 24.6. The summed E-state index contributed by atoms with van der Waals surface area (Å²) in [6.07, 6.45) is 0. The molecule has 2 heterocycles. The van der Waals surface area contributed by atoms with Gasteiger partial charge in [-0.3, -0.25) is 9.59 Å². The first-order valence-electron chi connectivity index (χ1n) is 6.18. The zero-order chi connectivity index (χ0) is 13.4. The molecule has 19 heavy (non-hydrogen) atoms. The number of ether oxygens (including phenoxy) is 1. The standard InChI is InChI=1S/C13H14N2O4/c16-12(15-6-8(7-15)13(17)18)9-2-1-3-10-11(9)19-5-4-14-10/h1-3,8,14H,4-7H2,(H,17,18). The highest BCUT2D eigenvalue weighted by molar-refractivity contribution is 6.00. The number of hydrogen-bond donors (Lipinski definition) is 2. The van der Waals surface area contributed by atoms with Gasteiger partial charge in [-0.2, -0.15) is 0 Å². The minimum Gasteiger partial charge on any atom is -0.489 e. The van der Waals surface area contributed by atoms with Gasteiger partial charge >= 0.3 is 5.97 Å². The monoisotopic (exact) mass is 262 g/mol. The summed E-state index contributed by atoms with van der Waals surface area (Å²) in [5.41, 5.74) is 1.31. The number of para-hydroxylation sites is 1. The number of carboxylic acid groups (broad SMARTS) is 1. The van der Waals surface area contributed by atoms with Crippen LogP contribution in [0.15, 0.2) is 18.2 Å². The van der Waals surface area contributed by atoms with Gasteiger partial charge in [0.2, 0.25) is 0 Å². The molecule has 0 unspecified atom stereocenters. The molecule has 100 valence electrons. The van der Waals surface area contributed by atoms with Gasteiger partial charge in [-0.05, 0) is 12.1 Å². The van der Waals surface area contributed by atoms with Gasteiger partial charge in [-0.25, -0.2) is 0 Å². The first-order chi connectivity index (χ1) is 9.16. The third kappa shape index (κ3) is 1.99. The molecule has 0 atom stereocenters. The molecule has 3 rings (SSSR count). The van der Waals surface area contributed by atoms with Crippen molar-refractivity contribution in [2.24, 2.45) is 5.92 Å². The summed E-state index contributed by atoms with van der Waals surface area (Å²) in [5.74, 6) is -0.893. The first kappa shape index (κ1) is 11.8. The number of rotatable bonds is 2. The van der Waals surface area contributed by atoms with E-state index in [2.05, 4.69) is 5.32 Å². The zero-order valence-corrected chi connectivity index (χ0v) is 10.3. The minimum atomic E-state index is -0.850. The Hall–Kier alpha value is -2.24.